The molecule has 2 aromatic carbocycles. The molecule has 0 radical (unpaired) electrons. The van der Waals surface area contributed by atoms with Gasteiger partial charge in [0.25, 0.3) is 0 Å². The summed E-state index contributed by atoms with van der Waals surface area (Å²) in [6.45, 7) is 8.58. The molecule has 1 amide bonds. The maximum Gasteiger partial charge on any atom is 0.341 e. The van der Waals surface area contributed by atoms with Gasteiger partial charge in [0, 0.05) is 17.4 Å². The predicted molar refractivity (Wildman–Crippen MR) is 130 cm³/mol. The molecule has 32 heavy (non-hydrogen) atoms. The Morgan fingerprint density at radius 1 is 1.03 bits per heavy atom. The second kappa shape index (κ2) is 11.0. The van der Waals surface area contributed by atoms with Crippen molar-refractivity contribution in [3.05, 3.63) is 70.1 Å². The molecule has 5 nitrogen and oxygen atoms in total. The van der Waals surface area contributed by atoms with Crippen LogP contribution < -0.4 is 10.1 Å². The van der Waals surface area contributed by atoms with Crippen molar-refractivity contribution in [3.8, 4) is 16.9 Å². The zero-order chi connectivity index (χ0) is 23.1. The zero-order valence-electron chi connectivity index (χ0n) is 19.0. The van der Waals surface area contributed by atoms with Crippen LogP contribution in [0.15, 0.2) is 47.8 Å². The van der Waals surface area contributed by atoms with Gasteiger partial charge in [-0.05, 0) is 68.5 Å². The Bertz CT molecular complexity index is 1100. The summed E-state index contributed by atoms with van der Waals surface area (Å²) < 4.78 is 11.0. The van der Waals surface area contributed by atoms with E-state index in [1.54, 1.807) is 6.92 Å². The highest BCUT2D eigenvalue weighted by Gasteiger charge is 2.23. The maximum atomic E-state index is 12.7. The number of carbonyl (C=O) groups is 2. The van der Waals surface area contributed by atoms with E-state index in [9.17, 15) is 9.59 Å². The number of hydrogen-bond acceptors (Lipinski definition) is 5. The standard InChI is InChI=1S/C26H29NO4S/c1-5-30-26(29)24-22(20-12-11-18(3)19(4)15-20)16-32-25(24)27-23(28)10-7-13-31-21-9-6-8-17(2)14-21/h6,8-9,11-12,14-16H,5,7,10,13H2,1-4H3,(H,27,28). The number of ether oxygens (including phenoxy) is 2. The van der Waals surface area contributed by atoms with Gasteiger partial charge >= 0.3 is 5.97 Å². The third-order valence-electron chi connectivity index (χ3n) is 5.15. The Kier molecular flexibility index (Phi) is 8.06. The van der Waals surface area contributed by atoms with Crippen LogP contribution in [0.4, 0.5) is 5.00 Å². The smallest absolute Gasteiger partial charge is 0.341 e. The first-order valence-corrected chi connectivity index (χ1v) is 11.6. The van der Waals surface area contributed by atoms with Crippen LogP contribution in [0.2, 0.25) is 0 Å². The van der Waals surface area contributed by atoms with Gasteiger partial charge in [-0.15, -0.1) is 11.3 Å². The minimum absolute atomic E-state index is 0.156. The van der Waals surface area contributed by atoms with Crippen molar-refractivity contribution < 1.29 is 19.1 Å². The second-order valence-electron chi connectivity index (χ2n) is 7.69. The number of anilines is 1. The molecule has 3 rings (SSSR count). The van der Waals surface area contributed by atoms with Crippen molar-refractivity contribution in [2.75, 3.05) is 18.5 Å². The van der Waals surface area contributed by atoms with Crippen LogP contribution in [-0.4, -0.2) is 25.1 Å². The molecular formula is C26H29NO4S. The molecule has 0 fully saturated rings. The Morgan fingerprint density at radius 2 is 1.84 bits per heavy atom. The molecule has 6 heteroatoms. The Morgan fingerprint density at radius 3 is 2.56 bits per heavy atom. The monoisotopic (exact) mass is 451 g/mol. The number of aryl methyl sites for hydroxylation is 3. The number of carbonyl (C=O) groups excluding carboxylic acids is 2. The van der Waals surface area contributed by atoms with Gasteiger partial charge in [-0.2, -0.15) is 0 Å². The molecule has 1 aromatic heterocycles. The Hall–Kier alpha value is -3.12. The minimum Gasteiger partial charge on any atom is -0.494 e. The number of hydrogen-bond donors (Lipinski definition) is 1. The second-order valence-corrected chi connectivity index (χ2v) is 8.57. The summed E-state index contributed by atoms with van der Waals surface area (Å²) >= 11 is 1.34. The fourth-order valence-electron chi connectivity index (χ4n) is 3.29. The van der Waals surface area contributed by atoms with Crippen LogP contribution in [0.3, 0.4) is 0 Å². The summed E-state index contributed by atoms with van der Waals surface area (Å²) in [7, 11) is 0. The summed E-state index contributed by atoms with van der Waals surface area (Å²) in [5, 5.41) is 5.31. The Balaban J connectivity index is 1.68. The molecule has 0 aliphatic heterocycles. The normalized spacial score (nSPS) is 10.6. The molecule has 0 bridgehead atoms. The molecule has 1 heterocycles. The summed E-state index contributed by atoms with van der Waals surface area (Å²) in [5.74, 6) is 0.211. The molecule has 1 N–H and O–H groups in total. The maximum absolute atomic E-state index is 12.7. The van der Waals surface area contributed by atoms with Crippen molar-refractivity contribution in [1.82, 2.24) is 0 Å². The largest absolute Gasteiger partial charge is 0.494 e. The van der Waals surface area contributed by atoms with Gasteiger partial charge in [0.15, 0.2) is 0 Å². The van der Waals surface area contributed by atoms with Gasteiger partial charge in [-0.1, -0.05) is 30.3 Å². The number of amides is 1. The van der Waals surface area contributed by atoms with E-state index in [1.807, 2.05) is 68.6 Å². The lowest BCUT2D eigenvalue weighted by molar-refractivity contribution is -0.116. The molecule has 0 aliphatic carbocycles. The van der Waals surface area contributed by atoms with Gasteiger partial charge in [-0.3, -0.25) is 4.79 Å². The van der Waals surface area contributed by atoms with Crippen molar-refractivity contribution in [3.63, 3.8) is 0 Å². The Labute approximate surface area is 193 Å². The SMILES string of the molecule is CCOC(=O)c1c(-c2ccc(C)c(C)c2)csc1NC(=O)CCCOc1cccc(C)c1. The van der Waals surface area contributed by atoms with Crippen LogP contribution in [0, 0.1) is 20.8 Å². The van der Waals surface area contributed by atoms with Crippen molar-refractivity contribution in [2.24, 2.45) is 0 Å². The average molecular weight is 452 g/mol. The first kappa shape index (κ1) is 23.5. The van der Waals surface area contributed by atoms with E-state index in [0.717, 1.165) is 28.0 Å². The summed E-state index contributed by atoms with van der Waals surface area (Å²) in [6, 6.07) is 13.9. The molecule has 0 aliphatic rings. The highest BCUT2D eigenvalue weighted by atomic mass is 32.1. The van der Waals surface area contributed by atoms with Crippen LogP contribution in [-0.2, 0) is 9.53 Å². The van der Waals surface area contributed by atoms with Gasteiger partial charge < -0.3 is 14.8 Å². The van der Waals surface area contributed by atoms with Crippen LogP contribution in [0.5, 0.6) is 5.75 Å². The molecule has 0 saturated heterocycles. The van der Waals surface area contributed by atoms with Crippen molar-refractivity contribution >= 4 is 28.2 Å². The average Bonchev–Trinajstić information content (AvgIpc) is 3.17. The van der Waals surface area contributed by atoms with Crippen LogP contribution >= 0.6 is 11.3 Å². The number of nitrogens with one attached hydrogen (secondary N) is 1. The topological polar surface area (TPSA) is 64.6 Å². The molecule has 0 unspecified atom stereocenters. The minimum atomic E-state index is -0.431. The summed E-state index contributed by atoms with van der Waals surface area (Å²) in [4.78, 5) is 25.3. The van der Waals surface area contributed by atoms with E-state index in [2.05, 4.69) is 5.32 Å². The first-order chi connectivity index (χ1) is 15.4. The van der Waals surface area contributed by atoms with E-state index in [1.165, 1.54) is 16.9 Å². The van der Waals surface area contributed by atoms with E-state index in [4.69, 9.17) is 9.47 Å². The van der Waals surface area contributed by atoms with Crippen LogP contribution in [0.1, 0.15) is 46.8 Å². The number of esters is 1. The summed E-state index contributed by atoms with van der Waals surface area (Å²) in [5.41, 5.74) is 5.56. The van der Waals surface area contributed by atoms with Gasteiger partial charge in [0.2, 0.25) is 5.91 Å². The van der Waals surface area contributed by atoms with Gasteiger partial charge in [0.1, 0.15) is 16.3 Å². The van der Waals surface area contributed by atoms with Crippen LogP contribution in [0.25, 0.3) is 11.1 Å². The quantitative estimate of drug-likeness (QED) is 0.306. The van der Waals surface area contributed by atoms with E-state index in [-0.39, 0.29) is 12.5 Å². The molecular weight excluding hydrogens is 422 g/mol. The third-order valence-corrected chi connectivity index (χ3v) is 6.04. The molecule has 0 saturated carbocycles. The lowest BCUT2D eigenvalue weighted by Gasteiger charge is -2.10. The lowest BCUT2D eigenvalue weighted by atomic mass is 9.99. The number of rotatable bonds is 9. The van der Waals surface area contributed by atoms with Crippen molar-refractivity contribution in [1.29, 1.82) is 0 Å². The fourth-order valence-corrected chi connectivity index (χ4v) is 4.27. The third kappa shape index (κ3) is 5.98. The molecule has 168 valence electrons. The highest BCUT2D eigenvalue weighted by Crippen LogP contribution is 2.37. The molecule has 3 aromatic rings. The van der Waals surface area contributed by atoms with E-state index in [0.29, 0.717) is 30.0 Å². The molecule has 0 atom stereocenters. The lowest BCUT2D eigenvalue weighted by Crippen LogP contribution is -2.15. The zero-order valence-corrected chi connectivity index (χ0v) is 19.8. The highest BCUT2D eigenvalue weighted by molar-refractivity contribution is 7.15. The number of benzene rings is 2. The van der Waals surface area contributed by atoms with E-state index < -0.39 is 5.97 Å². The van der Waals surface area contributed by atoms with Crippen molar-refractivity contribution in [2.45, 2.75) is 40.5 Å². The molecule has 0 spiro atoms. The van der Waals surface area contributed by atoms with E-state index >= 15 is 0 Å². The summed E-state index contributed by atoms with van der Waals surface area (Å²) in [6.07, 6.45) is 0.870. The fraction of sp³-hybridized carbons (Fsp3) is 0.308. The van der Waals surface area contributed by atoms with Gasteiger partial charge in [-0.25, -0.2) is 4.79 Å². The predicted octanol–water partition coefficient (Wildman–Crippen LogP) is 6.31. The number of thiophene rings is 1. The van der Waals surface area contributed by atoms with Gasteiger partial charge in [0.05, 0.1) is 13.2 Å². The first-order valence-electron chi connectivity index (χ1n) is 10.7.